The van der Waals surface area contributed by atoms with Gasteiger partial charge < -0.3 is 9.73 Å². The molecule has 0 spiro atoms. The van der Waals surface area contributed by atoms with E-state index >= 15 is 0 Å². The lowest BCUT2D eigenvalue weighted by Crippen LogP contribution is -2.16. The summed E-state index contributed by atoms with van der Waals surface area (Å²) in [5.41, 5.74) is 3.36. The number of nitrogens with one attached hydrogen (secondary N) is 2. The molecule has 2 aromatic carbocycles. The molecule has 6 nitrogen and oxygen atoms in total. The molecular weight excluding hydrogens is 400 g/mol. The Hall–Kier alpha value is -3.32. The summed E-state index contributed by atoms with van der Waals surface area (Å²) in [5.74, 6) is 0.922. The summed E-state index contributed by atoms with van der Waals surface area (Å²) >= 11 is 0. The quantitative estimate of drug-likeness (QED) is 0.547. The molecule has 1 heterocycles. The number of sulfonamides is 1. The molecule has 0 atom stereocenters. The zero-order valence-corrected chi connectivity index (χ0v) is 18.1. The van der Waals surface area contributed by atoms with Crippen molar-refractivity contribution in [1.82, 2.24) is 0 Å². The Morgan fingerprint density at radius 3 is 2.37 bits per heavy atom. The molecule has 0 aliphatic carbocycles. The van der Waals surface area contributed by atoms with Crippen molar-refractivity contribution in [3.05, 3.63) is 82.8 Å². The second-order valence-corrected chi connectivity index (χ2v) is 8.83. The average Bonchev–Trinajstić information content (AvgIpc) is 3.09. The van der Waals surface area contributed by atoms with Crippen LogP contribution >= 0.6 is 0 Å². The average molecular weight is 425 g/mol. The van der Waals surface area contributed by atoms with Crippen LogP contribution in [0.15, 0.2) is 63.9 Å². The molecule has 1 amide bonds. The Morgan fingerprint density at radius 2 is 1.70 bits per heavy atom. The van der Waals surface area contributed by atoms with Gasteiger partial charge in [0.15, 0.2) is 0 Å². The van der Waals surface area contributed by atoms with E-state index in [1.54, 1.807) is 43.3 Å². The van der Waals surface area contributed by atoms with Crippen LogP contribution in [0.5, 0.6) is 0 Å². The maximum Gasteiger partial charge on any atom is 0.262 e. The Balaban J connectivity index is 1.80. The van der Waals surface area contributed by atoms with E-state index in [0.29, 0.717) is 22.7 Å². The molecule has 0 unspecified atom stereocenters. The highest BCUT2D eigenvalue weighted by Gasteiger charge is 2.19. The number of benzene rings is 2. The molecule has 156 valence electrons. The van der Waals surface area contributed by atoms with Gasteiger partial charge in [-0.1, -0.05) is 23.8 Å². The minimum Gasteiger partial charge on any atom is -0.462 e. The third-order valence-corrected chi connectivity index (χ3v) is 6.04. The van der Waals surface area contributed by atoms with Gasteiger partial charge in [0.25, 0.3) is 10.0 Å². The number of furan rings is 1. The normalized spacial score (nSPS) is 11.6. The molecule has 0 fully saturated rings. The van der Waals surface area contributed by atoms with Crippen molar-refractivity contribution in [1.29, 1.82) is 0 Å². The van der Waals surface area contributed by atoms with Crippen LogP contribution in [0.3, 0.4) is 0 Å². The molecule has 0 aliphatic rings. The molecule has 3 rings (SSSR count). The first-order chi connectivity index (χ1) is 14.1. The fraction of sp³-hybridized carbons (Fsp3) is 0.174. The fourth-order valence-electron chi connectivity index (χ4n) is 2.98. The smallest absolute Gasteiger partial charge is 0.262 e. The Morgan fingerprint density at radius 1 is 0.933 bits per heavy atom. The minimum atomic E-state index is -3.82. The number of anilines is 2. The predicted molar refractivity (Wildman–Crippen MR) is 119 cm³/mol. The minimum absolute atomic E-state index is 0.103. The van der Waals surface area contributed by atoms with Crippen LogP contribution in [-0.4, -0.2) is 14.3 Å². The highest BCUT2D eigenvalue weighted by Crippen LogP contribution is 2.25. The first-order valence-corrected chi connectivity index (χ1v) is 10.9. The van der Waals surface area contributed by atoms with E-state index in [2.05, 4.69) is 10.0 Å². The van der Waals surface area contributed by atoms with Gasteiger partial charge in [-0.25, -0.2) is 8.42 Å². The summed E-state index contributed by atoms with van der Waals surface area (Å²) in [6.45, 7) is 7.32. The standard InChI is InChI=1S/C23H24N2O4S/c1-15-5-11-21(17(3)13-15)25-30(27,28)22-14-19(8-6-16(22)2)24-23(26)12-10-20-9-7-18(4)29-20/h5-14,25H,1-4H3,(H,24,26). The van der Waals surface area contributed by atoms with E-state index in [0.717, 1.165) is 16.9 Å². The van der Waals surface area contributed by atoms with Gasteiger partial charge in [0, 0.05) is 11.8 Å². The molecule has 1 aromatic heterocycles. The summed E-state index contributed by atoms with van der Waals surface area (Å²) in [6, 6.07) is 13.8. The molecular formula is C23H24N2O4S. The summed E-state index contributed by atoms with van der Waals surface area (Å²) in [7, 11) is -3.82. The van der Waals surface area contributed by atoms with Crippen molar-refractivity contribution in [2.45, 2.75) is 32.6 Å². The van der Waals surface area contributed by atoms with Crippen LogP contribution in [0.1, 0.15) is 28.2 Å². The predicted octanol–water partition coefficient (Wildman–Crippen LogP) is 4.97. The Kier molecular flexibility index (Phi) is 6.12. The lowest BCUT2D eigenvalue weighted by Gasteiger charge is -2.14. The first kappa shape index (κ1) is 21.4. The van der Waals surface area contributed by atoms with Crippen LogP contribution in [0, 0.1) is 27.7 Å². The van der Waals surface area contributed by atoms with Gasteiger partial charge >= 0.3 is 0 Å². The first-order valence-electron chi connectivity index (χ1n) is 9.40. The van der Waals surface area contributed by atoms with E-state index in [-0.39, 0.29) is 4.90 Å². The maximum atomic E-state index is 13.0. The highest BCUT2D eigenvalue weighted by atomic mass is 32.2. The largest absolute Gasteiger partial charge is 0.462 e. The van der Waals surface area contributed by atoms with Crippen molar-refractivity contribution < 1.29 is 17.6 Å². The van der Waals surface area contributed by atoms with Crippen molar-refractivity contribution in [3.63, 3.8) is 0 Å². The fourth-order valence-corrected chi connectivity index (χ4v) is 4.38. The van der Waals surface area contributed by atoms with Gasteiger partial charge in [-0.2, -0.15) is 0 Å². The van der Waals surface area contributed by atoms with Gasteiger partial charge in [0.1, 0.15) is 11.5 Å². The van der Waals surface area contributed by atoms with Crippen LogP contribution < -0.4 is 10.0 Å². The van der Waals surface area contributed by atoms with Gasteiger partial charge in [-0.3, -0.25) is 9.52 Å². The molecule has 0 bridgehead atoms. The van der Waals surface area contributed by atoms with Crippen molar-refractivity contribution in [3.8, 4) is 0 Å². The molecule has 0 saturated carbocycles. The van der Waals surface area contributed by atoms with Crippen LogP contribution in [-0.2, 0) is 14.8 Å². The summed E-state index contributed by atoms with van der Waals surface area (Å²) in [5, 5.41) is 2.68. The topological polar surface area (TPSA) is 88.4 Å². The SMILES string of the molecule is Cc1ccc(NS(=O)(=O)c2cc(NC(=O)C=Cc3ccc(C)o3)ccc2C)c(C)c1. The van der Waals surface area contributed by atoms with Gasteiger partial charge in [0.05, 0.1) is 10.6 Å². The second kappa shape index (κ2) is 8.59. The highest BCUT2D eigenvalue weighted by molar-refractivity contribution is 7.92. The van der Waals surface area contributed by atoms with Crippen LogP contribution in [0.4, 0.5) is 11.4 Å². The molecule has 0 radical (unpaired) electrons. The van der Waals surface area contributed by atoms with E-state index < -0.39 is 15.9 Å². The van der Waals surface area contributed by atoms with Crippen molar-refractivity contribution in [2.24, 2.45) is 0 Å². The number of rotatable bonds is 6. The van der Waals surface area contributed by atoms with Crippen LogP contribution in [0.25, 0.3) is 6.08 Å². The number of carbonyl (C=O) groups is 1. The van der Waals surface area contributed by atoms with E-state index in [1.807, 2.05) is 32.9 Å². The molecule has 3 aromatic rings. The summed E-state index contributed by atoms with van der Waals surface area (Å²) in [4.78, 5) is 12.3. The maximum absolute atomic E-state index is 13.0. The lowest BCUT2D eigenvalue weighted by atomic mass is 10.1. The number of amides is 1. The Bertz CT molecular complexity index is 1220. The Labute approximate surface area is 176 Å². The third kappa shape index (κ3) is 5.18. The van der Waals surface area contributed by atoms with Crippen molar-refractivity contribution >= 4 is 33.4 Å². The second-order valence-electron chi connectivity index (χ2n) is 7.18. The molecule has 0 saturated heterocycles. The number of aryl methyl sites for hydroxylation is 4. The monoisotopic (exact) mass is 424 g/mol. The molecule has 30 heavy (non-hydrogen) atoms. The van der Waals surface area contributed by atoms with Gasteiger partial charge in [0.2, 0.25) is 5.91 Å². The molecule has 2 N–H and O–H groups in total. The van der Waals surface area contributed by atoms with E-state index in [9.17, 15) is 13.2 Å². The van der Waals surface area contributed by atoms with Gasteiger partial charge in [-0.15, -0.1) is 0 Å². The molecule has 7 heteroatoms. The summed E-state index contributed by atoms with van der Waals surface area (Å²) in [6.07, 6.45) is 2.89. The zero-order valence-electron chi connectivity index (χ0n) is 17.3. The van der Waals surface area contributed by atoms with Crippen LogP contribution in [0.2, 0.25) is 0 Å². The third-order valence-electron chi connectivity index (χ3n) is 4.53. The van der Waals surface area contributed by atoms with Gasteiger partial charge in [-0.05, 0) is 75.2 Å². The molecule has 0 aliphatic heterocycles. The number of carbonyl (C=O) groups excluding carboxylic acids is 1. The zero-order chi connectivity index (χ0) is 21.9. The van der Waals surface area contributed by atoms with E-state index in [4.69, 9.17) is 4.42 Å². The van der Waals surface area contributed by atoms with E-state index in [1.165, 1.54) is 12.1 Å². The lowest BCUT2D eigenvalue weighted by molar-refractivity contribution is -0.111. The summed E-state index contributed by atoms with van der Waals surface area (Å²) < 4.78 is 33.9. The number of hydrogen-bond acceptors (Lipinski definition) is 4. The van der Waals surface area contributed by atoms with Crippen molar-refractivity contribution in [2.75, 3.05) is 10.0 Å². The number of hydrogen-bond donors (Lipinski definition) is 2.